The van der Waals surface area contributed by atoms with Crippen molar-refractivity contribution < 1.29 is 33.4 Å². The topological polar surface area (TPSA) is 111 Å². The first kappa shape index (κ1) is 22.8. The number of hydrogen-bond acceptors (Lipinski definition) is 7. The Morgan fingerprint density at radius 3 is 2.25 bits per heavy atom. The Labute approximate surface area is 185 Å². The average Bonchev–Trinajstić information content (AvgIpc) is 3.01. The molecule has 0 aliphatic carbocycles. The van der Waals surface area contributed by atoms with Gasteiger partial charge in [-0.1, -0.05) is 11.6 Å². The minimum absolute atomic E-state index is 0.0350. The zero-order valence-corrected chi connectivity index (χ0v) is 18.1. The normalized spacial score (nSPS) is 12.4. The molecule has 3 amide bonds. The molecule has 2 aromatic carbocycles. The lowest BCUT2D eigenvalue weighted by Crippen LogP contribution is -2.31. The molecule has 0 bridgehead atoms. The number of ether oxygens (including phenoxy) is 3. The maximum Gasteiger partial charge on any atom is 0.306 e. The molecule has 9 nitrogen and oxygen atoms in total. The van der Waals surface area contributed by atoms with Crippen molar-refractivity contribution in [1.29, 1.82) is 0 Å². The quantitative estimate of drug-likeness (QED) is 0.471. The van der Waals surface area contributed by atoms with Gasteiger partial charge in [-0.2, -0.15) is 0 Å². The lowest BCUT2D eigenvalue weighted by atomic mass is 10.1. The minimum Gasteiger partial charge on any atom is -0.497 e. The Morgan fingerprint density at radius 2 is 1.59 bits per heavy atom. The van der Waals surface area contributed by atoms with E-state index in [0.29, 0.717) is 28.3 Å². The minimum atomic E-state index is -0.601. The van der Waals surface area contributed by atoms with Gasteiger partial charge in [0.05, 0.1) is 25.3 Å². The Hall–Kier alpha value is -3.88. The summed E-state index contributed by atoms with van der Waals surface area (Å²) < 4.78 is 15.3. The third kappa shape index (κ3) is 5.23. The first-order valence-electron chi connectivity index (χ1n) is 9.97. The number of esters is 1. The fourth-order valence-electron chi connectivity index (χ4n) is 3.28. The number of anilines is 1. The van der Waals surface area contributed by atoms with Crippen molar-refractivity contribution in [2.24, 2.45) is 0 Å². The van der Waals surface area contributed by atoms with E-state index in [4.69, 9.17) is 14.2 Å². The van der Waals surface area contributed by atoms with Gasteiger partial charge in [0, 0.05) is 36.9 Å². The van der Waals surface area contributed by atoms with Crippen LogP contribution in [0.2, 0.25) is 0 Å². The molecule has 0 saturated heterocycles. The molecule has 0 radical (unpaired) electrons. The Bertz CT molecular complexity index is 1040. The number of aryl methyl sites for hydroxylation is 1. The van der Waals surface area contributed by atoms with E-state index in [-0.39, 0.29) is 31.2 Å². The van der Waals surface area contributed by atoms with Crippen molar-refractivity contribution >= 4 is 29.4 Å². The molecule has 32 heavy (non-hydrogen) atoms. The number of rotatable bonds is 9. The molecule has 9 heteroatoms. The van der Waals surface area contributed by atoms with Crippen molar-refractivity contribution in [3.63, 3.8) is 0 Å². The average molecular weight is 440 g/mol. The van der Waals surface area contributed by atoms with Gasteiger partial charge in [-0.15, -0.1) is 0 Å². The second-order valence-electron chi connectivity index (χ2n) is 7.22. The van der Waals surface area contributed by atoms with Gasteiger partial charge < -0.3 is 19.5 Å². The summed E-state index contributed by atoms with van der Waals surface area (Å²) in [6, 6.07) is 9.95. The zero-order valence-electron chi connectivity index (χ0n) is 18.1. The van der Waals surface area contributed by atoms with Crippen LogP contribution >= 0.6 is 0 Å². The predicted octanol–water partition coefficient (Wildman–Crippen LogP) is 2.57. The van der Waals surface area contributed by atoms with Crippen LogP contribution in [0, 0.1) is 6.92 Å². The SMILES string of the molecule is COc1cc(NC(=O)COC(=O)CCCN2C(=O)c3ccc(C)cc3C2=O)cc(OC)c1. The summed E-state index contributed by atoms with van der Waals surface area (Å²) in [7, 11) is 2.98. The molecule has 168 valence electrons. The van der Waals surface area contributed by atoms with Crippen LogP contribution in [0.5, 0.6) is 11.5 Å². The van der Waals surface area contributed by atoms with Crippen LogP contribution in [-0.4, -0.2) is 56.0 Å². The second-order valence-corrected chi connectivity index (χ2v) is 7.22. The first-order chi connectivity index (χ1) is 15.3. The Balaban J connectivity index is 1.44. The number of nitrogens with one attached hydrogen (secondary N) is 1. The number of carbonyl (C=O) groups is 4. The van der Waals surface area contributed by atoms with E-state index in [1.54, 1.807) is 36.4 Å². The van der Waals surface area contributed by atoms with E-state index in [1.165, 1.54) is 14.2 Å². The lowest BCUT2D eigenvalue weighted by Gasteiger charge is -2.13. The molecule has 2 aromatic rings. The highest BCUT2D eigenvalue weighted by Crippen LogP contribution is 2.26. The maximum absolute atomic E-state index is 12.4. The molecule has 0 spiro atoms. The van der Waals surface area contributed by atoms with E-state index in [1.807, 2.05) is 6.92 Å². The Kier molecular flexibility index (Phi) is 7.09. The van der Waals surface area contributed by atoms with Crippen molar-refractivity contribution in [2.75, 3.05) is 32.7 Å². The van der Waals surface area contributed by atoms with Crippen molar-refractivity contribution in [3.8, 4) is 11.5 Å². The maximum atomic E-state index is 12.4. The van der Waals surface area contributed by atoms with Crippen LogP contribution in [0.1, 0.15) is 39.1 Å². The van der Waals surface area contributed by atoms with Crippen molar-refractivity contribution in [1.82, 2.24) is 4.90 Å². The van der Waals surface area contributed by atoms with E-state index >= 15 is 0 Å². The molecule has 1 aliphatic rings. The highest BCUT2D eigenvalue weighted by molar-refractivity contribution is 6.21. The molecule has 1 heterocycles. The number of nitrogens with zero attached hydrogens (tertiary/aromatic N) is 1. The smallest absolute Gasteiger partial charge is 0.306 e. The second kappa shape index (κ2) is 9.95. The van der Waals surface area contributed by atoms with Crippen LogP contribution in [0.3, 0.4) is 0 Å². The van der Waals surface area contributed by atoms with E-state index in [9.17, 15) is 19.2 Å². The molecular weight excluding hydrogens is 416 g/mol. The van der Waals surface area contributed by atoms with Gasteiger partial charge in [0.25, 0.3) is 17.7 Å². The Morgan fingerprint density at radius 1 is 0.938 bits per heavy atom. The molecule has 1 aliphatic heterocycles. The standard InChI is InChI=1S/C23H24N2O7/c1-14-6-7-18-19(9-14)23(29)25(22(18)28)8-4-5-21(27)32-13-20(26)24-15-10-16(30-2)12-17(11-15)31-3/h6-7,9-12H,4-5,8,13H2,1-3H3,(H,24,26). The van der Waals surface area contributed by atoms with Crippen LogP contribution in [0.15, 0.2) is 36.4 Å². The first-order valence-corrected chi connectivity index (χ1v) is 9.97. The fourth-order valence-corrected chi connectivity index (χ4v) is 3.28. The summed E-state index contributed by atoms with van der Waals surface area (Å²) in [5.41, 5.74) is 2.07. The number of methoxy groups -OCH3 is 2. The fraction of sp³-hybridized carbons (Fsp3) is 0.304. The van der Waals surface area contributed by atoms with Gasteiger partial charge in [-0.3, -0.25) is 24.1 Å². The summed E-state index contributed by atoms with van der Waals surface area (Å²) in [5, 5.41) is 2.60. The molecule has 0 unspecified atom stereocenters. The highest BCUT2D eigenvalue weighted by Gasteiger charge is 2.35. The molecule has 3 rings (SSSR count). The summed E-state index contributed by atoms with van der Waals surface area (Å²) in [6.07, 6.45) is 0.199. The highest BCUT2D eigenvalue weighted by atomic mass is 16.5. The molecule has 0 saturated carbocycles. The van der Waals surface area contributed by atoms with Gasteiger partial charge in [-0.25, -0.2) is 0 Å². The molecule has 0 atom stereocenters. The molecular formula is C23H24N2O7. The van der Waals surface area contributed by atoms with E-state index < -0.39 is 18.5 Å². The van der Waals surface area contributed by atoms with E-state index in [2.05, 4.69) is 5.32 Å². The van der Waals surface area contributed by atoms with Gasteiger partial charge in [-0.05, 0) is 25.5 Å². The summed E-state index contributed by atoms with van der Waals surface area (Å²) in [4.78, 5) is 50.0. The zero-order chi connectivity index (χ0) is 23.3. The summed E-state index contributed by atoms with van der Waals surface area (Å²) in [6.45, 7) is 1.47. The monoisotopic (exact) mass is 440 g/mol. The summed E-state index contributed by atoms with van der Waals surface area (Å²) >= 11 is 0. The number of imide groups is 1. The molecule has 0 fully saturated rings. The number of carbonyl (C=O) groups excluding carboxylic acids is 4. The summed E-state index contributed by atoms with van der Waals surface area (Å²) in [5.74, 6) is -0.859. The molecule has 0 aromatic heterocycles. The predicted molar refractivity (Wildman–Crippen MR) is 115 cm³/mol. The van der Waals surface area contributed by atoms with Crippen LogP contribution < -0.4 is 14.8 Å². The van der Waals surface area contributed by atoms with Crippen LogP contribution in [0.4, 0.5) is 5.69 Å². The van der Waals surface area contributed by atoms with Crippen molar-refractivity contribution in [2.45, 2.75) is 19.8 Å². The van der Waals surface area contributed by atoms with Gasteiger partial charge in [0.2, 0.25) is 0 Å². The number of hydrogen-bond donors (Lipinski definition) is 1. The lowest BCUT2D eigenvalue weighted by molar-refractivity contribution is -0.147. The van der Waals surface area contributed by atoms with Gasteiger partial charge >= 0.3 is 5.97 Å². The van der Waals surface area contributed by atoms with Crippen molar-refractivity contribution in [3.05, 3.63) is 53.1 Å². The third-order valence-electron chi connectivity index (χ3n) is 4.89. The van der Waals surface area contributed by atoms with E-state index in [0.717, 1.165) is 10.5 Å². The number of benzene rings is 2. The van der Waals surface area contributed by atoms with Gasteiger partial charge in [0.1, 0.15) is 11.5 Å². The van der Waals surface area contributed by atoms with Crippen LogP contribution in [0.25, 0.3) is 0 Å². The number of amides is 3. The number of fused-ring (bicyclic) bond motifs is 1. The van der Waals surface area contributed by atoms with Crippen LogP contribution in [-0.2, 0) is 14.3 Å². The third-order valence-corrected chi connectivity index (χ3v) is 4.89. The van der Waals surface area contributed by atoms with Gasteiger partial charge in [0.15, 0.2) is 6.61 Å². The largest absolute Gasteiger partial charge is 0.497 e. The molecule has 1 N–H and O–H groups in total.